The van der Waals surface area contributed by atoms with Crippen molar-refractivity contribution in [3.05, 3.63) is 64.7 Å². The molecule has 0 saturated heterocycles. The van der Waals surface area contributed by atoms with Crippen molar-refractivity contribution in [2.24, 2.45) is 0 Å². The number of rotatable bonds is 9. The van der Waals surface area contributed by atoms with Crippen LogP contribution in [0.1, 0.15) is 68.8 Å². The number of unbranched alkanes of at least 4 members (excludes halogenated alkanes) is 1. The molecule has 0 heterocycles. The Morgan fingerprint density at radius 1 is 0.971 bits per heavy atom. The van der Waals surface area contributed by atoms with Gasteiger partial charge in [-0.25, -0.2) is 4.79 Å². The summed E-state index contributed by atoms with van der Waals surface area (Å²) in [7, 11) is 0. The fraction of sp³-hybridized carbons (Fsp3) is 0.464. The van der Waals surface area contributed by atoms with Crippen molar-refractivity contribution in [1.82, 2.24) is 10.2 Å². The van der Waals surface area contributed by atoms with E-state index in [1.165, 1.54) is 0 Å². The van der Waals surface area contributed by atoms with Crippen LogP contribution in [0.3, 0.4) is 0 Å². The molecule has 0 aromatic heterocycles. The highest BCUT2D eigenvalue weighted by Gasteiger charge is 2.33. The minimum absolute atomic E-state index is 0.266. The van der Waals surface area contributed by atoms with Gasteiger partial charge in [0.05, 0.1) is 0 Å². The van der Waals surface area contributed by atoms with Gasteiger partial charge >= 0.3 is 6.09 Å². The summed E-state index contributed by atoms with van der Waals surface area (Å²) in [5, 5.41) is 5.56. The predicted molar refractivity (Wildman–Crippen MR) is 139 cm³/mol. The van der Waals surface area contributed by atoms with Gasteiger partial charge in [-0.1, -0.05) is 49.7 Å². The molecule has 7 heteroatoms. The second-order valence-electron chi connectivity index (χ2n) is 9.79. The zero-order valence-electron chi connectivity index (χ0n) is 22.0. The highest BCUT2D eigenvalue weighted by atomic mass is 16.6. The first kappa shape index (κ1) is 27.9. The quantitative estimate of drug-likeness (QED) is 0.499. The van der Waals surface area contributed by atoms with Gasteiger partial charge < -0.3 is 20.3 Å². The first-order valence-corrected chi connectivity index (χ1v) is 12.1. The van der Waals surface area contributed by atoms with Crippen molar-refractivity contribution < 1.29 is 19.1 Å². The molecule has 2 rings (SSSR count). The van der Waals surface area contributed by atoms with Gasteiger partial charge in [0.15, 0.2) is 0 Å². The predicted octanol–water partition coefficient (Wildman–Crippen LogP) is 5.45. The molecule has 7 nitrogen and oxygen atoms in total. The van der Waals surface area contributed by atoms with Crippen LogP contribution in [-0.4, -0.2) is 41.5 Å². The van der Waals surface area contributed by atoms with Crippen LogP contribution in [0, 0.1) is 20.8 Å². The molecule has 2 aromatic rings. The molecule has 190 valence electrons. The van der Waals surface area contributed by atoms with Crippen molar-refractivity contribution in [2.45, 2.75) is 73.0 Å². The molecule has 35 heavy (non-hydrogen) atoms. The molecule has 0 fully saturated rings. The zero-order valence-corrected chi connectivity index (χ0v) is 22.0. The lowest BCUT2D eigenvalue weighted by Gasteiger charge is -2.33. The lowest BCUT2D eigenvalue weighted by atomic mass is 9.95. The summed E-state index contributed by atoms with van der Waals surface area (Å²) in [6, 6.07) is 12.5. The van der Waals surface area contributed by atoms with E-state index in [-0.39, 0.29) is 18.4 Å². The summed E-state index contributed by atoms with van der Waals surface area (Å²) >= 11 is 0. The first-order chi connectivity index (χ1) is 16.4. The summed E-state index contributed by atoms with van der Waals surface area (Å²) in [5.41, 5.74) is 3.70. The Balaban J connectivity index is 2.42. The van der Waals surface area contributed by atoms with E-state index >= 15 is 0 Å². The molecule has 2 aromatic carbocycles. The topological polar surface area (TPSA) is 87.7 Å². The Labute approximate surface area is 209 Å². The average Bonchev–Trinajstić information content (AvgIpc) is 2.77. The number of carbonyl (C=O) groups excluding carboxylic acids is 3. The van der Waals surface area contributed by atoms with Crippen LogP contribution in [0.15, 0.2) is 42.5 Å². The molecule has 0 aliphatic heterocycles. The Hall–Kier alpha value is -3.35. The van der Waals surface area contributed by atoms with Crippen LogP contribution < -0.4 is 10.6 Å². The summed E-state index contributed by atoms with van der Waals surface area (Å²) in [6.45, 7) is 13.3. The zero-order chi connectivity index (χ0) is 26.2. The van der Waals surface area contributed by atoms with E-state index in [0.29, 0.717) is 12.2 Å². The molecule has 3 amide bonds. The average molecular weight is 482 g/mol. The fourth-order valence-electron chi connectivity index (χ4n) is 3.72. The maximum atomic E-state index is 13.7. The van der Waals surface area contributed by atoms with Crippen LogP contribution in [0.25, 0.3) is 0 Å². The van der Waals surface area contributed by atoms with E-state index in [1.807, 2.05) is 70.2 Å². The number of aryl methyl sites for hydroxylation is 2. The van der Waals surface area contributed by atoms with E-state index in [0.717, 1.165) is 35.1 Å². The van der Waals surface area contributed by atoms with Crippen molar-refractivity contribution in [3.63, 3.8) is 0 Å². The molecule has 0 aliphatic rings. The van der Waals surface area contributed by atoms with Gasteiger partial charge in [0, 0.05) is 12.2 Å². The number of hydrogen-bond donors (Lipinski definition) is 2. The second-order valence-corrected chi connectivity index (χ2v) is 9.79. The molecule has 0 aliphatic carbocycles. The van der Waals surface area contributed by atoms with Crippen LogP contribution in [-0.2, 0) is 14.3 Å². The van der Waals surface area contributed by atoms with Gasteiger partial charge in [-0.05, 0) is 76.3 Å². The fourth-order valence-corrected chi connectivity index (χ4v) is 3.72. The maximum Gasteiger partial charge on any atom is 0.408 e. The van der Waals surface area contributed by atoms with E-state index in [2.05, 4.69) is 10.6 Å². The van der Waals surface area contributed by atoms with Gasteiger partial charge in [0.2, 0.25) is 5.91 Å². The third kappa shape index (κ3) is 8.12. The monoisotopic (exact) mass is 481 g/mol. The number of anilines is 1. The number of alkyl carbamates (subject to hydrolysis) is 1. The maximum absolute atomic E-state index is 13.7. The Kier molecular flexibility index (Phi) is 9.87. The number of benzene rings is 2. The Bertz CT molecular complexity index is 1040. The van der Waals surface area contributed by atoms with E-state index < -0.39 is 17.7 Å². The number of nitrogens with zero attached hydrogens (tertiary/aromatic N) is 1. The Morgan fingerprint density at radius 3 is 2.26 bits per heavy atom. The molecular weight excluding hydrogens is 442 g/mol. The number of hydrogen-bond acceptors (Lipinski definition) is 4. The minimum atomic E-state index is -0.853. The molecule has 2 N–H and O–H groups in total. The van der Waals surface area contributed by atoms with Crippen molar-refractivity contribution >= 4 is 23.6 Å². The molecule has 0 radical (unpaired) electrons. The summed E-state index contributed by atoms with van der Waals surface area (Å²) in [6.07, 6.45) is 0.897. The normalized spacial score (nSPS) is 12.0. The third-order valence-corrected chi connectivity index (χ3v) is 5.76. The van der Waals surface area contributed by atoms with Gasteiger partial charge in [-0.15, -0.1) is 0 Å². The van der Waals surface area contributed by atoms with Crippen molar-refractivity contribution in [1.29, 1.82) is 0 Å². The number of carbonyl (C=O) groups is 3. The molecule has 0 saturated carbocycles. The Morgan fingerprint density at radius 2 is 1.63 bits per heavy atom. The van der Waals surface area contributed by atoms with Gasteiger partial charge in [-0.3, -0.25) is 9.59 Å². The number of para-hydroxylation sites is 1. The van der Waals surface area contributed by atoms with E-state index in [4.69, 9.17) is 4.74 Å². The summed E-state index contributed by atoms with van der Waals surface area (Å²) in [4.78, 5) is 40.9. The van der Waals surface area contributed by atoms with Crippen LogP contribution >= 0.6 is 0 Å². The largest absolute Gasteiger partial charge is 0.444 e. The third-order valence-electron chi connectivity index (χ3n) is 5.76. The van der Waals surface area contributed by atoms with Gasteiger partial charge in [0.25, 0.3) is 5.91 Å². The highest BCUT2D eigenvalue weighted by molar-refractivity contribution is 5.99. The summed E-state index contributed by atoms with van der Waals surface area (Å²) < 4.78 is 5.27. The molecule has 1 unspecified atom stereocenters. The molecule has 0 bridgehead atoms. The summed E-state index contributed by atoms with van der Waals surface area (Å²) in [5.74, 6) is -0.648. The number of amides is 3. The standard InChI is InChI=1S/C28H39N3O4/c1-8-9-17-31(24(32)18-29-27(34)35-28(5,6)7)25(22-15-12-14-19(2)21(22)4)26(33)30-23-16-11-10-13-20(23)3/h10-16,25H,8-9,17-18H2,1-7H3,(H,29,34)(H,30,33). The lowest BCUT2D eigenvalue weighted by molar-refractivity contribution is -0.138. The van der Waals surface area contributed by atoms with E-state index in [9.17, 15) is 14.4 Å². The number of nitrogens with one attached hydrogen (secondary N) is 2. The molecule has 1 atom stereocenters. The lowest BCUT2D eigenvalue weighted by Crippen LogP contribution is -2.47. The van der Waals surface area contributed by atoms with E-state index in [1.54, 1.807) is 25.7 Å². The molecular formula is C28H39N3O4. The van der Waals surface area contributed by atoms with Gasteiger partial charge in [-0.2, -0.15) is 0 Å². The van der Waals surface area contributed by atoms with Crippen LogP contribution in [0.2, 0.25) is 0 Å². The van der Waals surface area contributed by atoms with Crippen LogP contribution in [0.4, 0.5) is 10.5 Å². The second kappa shape index (κ2) is 12.4. The van der Waals surface area contributed by atoms with Gasteiger partial charge in [0.1, 0.15) is 18.2 Å². The smallest absolute Gasteiger partial charge is 0.408 e. The highest BCUT2D eigenvalue weighted by Crippen LogP contribution is 2.29. The first-order valence-electron chi connectivity index (χ1n) is 12.1. The molecule has 0 spiro atoms. The van der Waals surface area contributed by atoms with Crippen molar-refractivity contribution in [3.8, 4) is 0 Å². The SMILES string of the molecule is CCCCN(C(=O)CNC(=O)OC(C)(C)C)C(C(=O)Nc1ccccc1C)c1cccc(C)c1C. The number of ether oxygens (including phenoxy) is 1. The van der Waals surface area contributed by atoms with Crippen LogP contribution in [0.5, 0.6) is 0 Å². The van der Waals surface area contributed by atoms with Crippen molar-refractivity contribution in [2.75, 3.05) is 18.4 Å². The minimum Gasteiger partial charge on any atom is -0.444 e.